The highest BCUT2D eigenvalue weighted by molar-refractivity contribution is 5.91. The third kappa shape index (κ3) is 5.13. The van der Waals surface area contributed by atoms with E-state index in [2.05, 4.69) is 28.4 Å². The van der Waals surface area contributed by atoms with Gasteiger partial charge < -0.3 is 19.4 Å². The number of hydrogen-bond acceptors (Lipinski definition) is 4. The summed E-state index contributed by atoms with van der Waals surface area (Å²) >= 11 is 0. The van der Waals surface area contributed by atoms with Crippen LogP contribution in [0.15, 0.2) is 89.3 Å². The second-order valence-corrected chi connectivity index (χ2v) is 7.66. The van der Waals surface area contributed by atoms with Crippen molar-refractivity contribution in [3.8, 4) is 5.75 Å². The highest BCUT2D eigenvalue weighted by atomic mass is 16.5. The van der Waals surface area contributed by atoms with Crippen LogP contribution in [0.1, 0.15) is 27.9 Å². The van der Waals surface area contributed by atoms with Crippen LogP contribution in [0, 0.1) is 0 Å². The first-order chi connectivity index (χ1) is 15.1. The van der Waals surface area contributed by atoms with Crippen LogP contribution >= 0.6 is 0 Å². The predicted octanol–water partition coefficient (Wildman–Crippen LogP) is 5.04. The molecule has 0 aliphatic heterocycles. The fourth-order valence-corrected chi connectivity index (χ4v) is 3.54. The number of amides is 1. The molecule has 0 bridgehead atoms. The van der Waals surface area contributed by atoms with Crippen LogP contribution in [0.3, 0.4) is 0 Å². The van der Waals surface area contributed by atoms with Gasteiger partial charge in [-0.3, -0.25) is 4.79 Å². The molecule has 3 aromatic carbocycles. The molecule has 1 amide bonds. The van der Waals surface area contributed by atoms with Gasteiger partial charge in [0.1, 0.15) is 18.1 Å². The lowest BCUT2D eigenvalue weighted by molar-refractivity contribution is 0.0910. The van der Waals surface area contributed by atoms with Gasteiger partial charge in [0.05, 0.1) is 6.04 Å². The van der Waals surface area contributed by atoms with Crippen LogP contribution in [-0.2, 0) is 6.61 Å². The molecule has 0 radical (unpaired) electrons. The second-order valence-electron chi connectivity index (χ2n) is 7.66. The second kappa shape index (κ2) is 9.49. The zero-order valence-electron chi connectivity index (χ0n) is 17.7. The highest BCUT2D eigenvalue weighted by Crippen LogP contribution is 2.22. The van der Waals surface area contributed by atoms with Crippen molar-refractivity contribution in [1.29, 1.82) is 0 Å². The highest BCUT2D eigenvalue weighted by Gasteiger charge is 2.17. The van der Waals surface area contributed by atoms with Gasteiger partial charge in [-0.05, 0) is 54.7 Å². The maximum Gasteiger partial charge on any atom is 0.287 e. The van der Waals surface area contributed by atoms with E-state index >= 15 is 0 Å². The van der Waals surface area contributed by atoms with Gasteiger partial charge >= 0.3 is 0 Å². The van der Waals surface area contributed by atoms with Gasteiger partial charge in [0.25, 0.3) is 5.91 Å². The number of nitrogens with zero attached hydrogens (tertiary/aromatic N) is 1. The first-order valence-corrected chi connectivity index (χ1v) is 10.3. The Bertz CT molecular complexity index is 1150. The van der Waals surface area contributed by atoms with E-state index < -0.39 is 0 Å². The summed E-state index contributed by atoms with van der Waals surface area (Å²) in [6.45, 7) is 0.745. The van der Waals surface area contributed by atoms with Crippen molar-refractivity contribution in [2.75, 3.05) is 20.6 Å². The van der Waals surface area contributed by atoms with Crippen molar-refractivity contribution >= 4 is 16.7 Å². The average molecular weight is 415 g/mol. The molecule has 5 nitrogen and oxygen atoms in total. The Balaban J connectivity index is 1.34. The van der Waals surface area contributed by atoms with E-state index in [-0.39, 0.29) is 24.3 Å². The summed E-state index contributed by atoms with van der Waals surface area (Å²) < 4.78 is 11.6. The molecule has 1 atom stereocenters. The molecule has 0 saturated carbocycles. The molecule has 1 unspecified atom stereocenters. The number of carbonyl (C=O) groups excluding carboxylic acids is 1. The van der Waals surface area contributed by atoms with Crippen LogP contribution in [0.5, 0.6) is 5.75 Å². The van der Waals surface area contributed by atoms with E-state index in [1.807, 2.05) is 68.7 Å². The minimum atomic E-state index is -0.236. The van der Waals surface area contributed by atoms with E-state index in [1.54, 1.807) is 12.1 Å². The van der Waals surface area contributed by atoms with Crippen molar-refractivity contribution in [1.82, 2.24) is 10.2 Å². The summed E-state index contributed by atoms with van der Waals surface area (Å²) in [6.07, 6.45) is 0. The molecule has 1 N–H and O–H groups in total. The predicted molar refractivity (Wildman–Crippen MR) is 122 cm³/mol. The smallest absolute Gasteiger partial charge is 0.287 e. The van der Waals surface area contributed by atoms with E-state index in [0.29, 0.717) is 12.3 Å². The molecule has 5 heteroatoms. The number of benzene rings is 3. The number of rotatable bonds is 8. The van der Waals surface area contributed by atoms with E-state index in [9.17, 15) is 4.79 Å². The molecule has 0 aliphatic rings. The van der Waals surface area contributed by atoms with Gasteiger partial charge in [0.2, 0.25) is 0 Å². The van der Waals surface area contributed by atoms with Gasteiger partial charge in [0.15, 0.2) is 5.76 Å². The van der Waals surface area contributed by atoms with E-state index in [1.165, 1.54) is 5.39 Å². The number of nitrogens with one attached hydrogen (secondary N) is 1. The van der Waals surface area contributed by atoms with Gasteiger partial charge in [-0.25, -0.2) is 0 Å². The number of fused-ring (bicyclic) bond motifs is 1. The zero-order valence-corrected chi connectivity index (χ0v) is 17.7. The van der Waals surface area contributed by atoms with Crippen molar-refractivity contribution in [3.63, 3.8) is 0 Å². The minimum Gasteiger partial charge on any atom is -0.486 e. The van der Waals surface area contributed by atoms with E-state index in [4.69, 9.17) is 9.15 Å². The molecule has 1 aromatic heterocycles. The summed E-state index contributed by atoms with van der Waals surface area (Å²) in [5.74, 6) is 1.41. The molecule has 4 aromatic rings. The standard InChI is InChI=1S/C26H26N2O3/c1-28(2)24(20-9-4-3-5-10-20)17-27-26(29)25-15-14-23(31-25)18-30-22-13-12-19-8-6-7-11-21(19)16-22/h3-16,24H,17-18H2,1-2H3,(H,27,29). The summed E-state index contributed by atoms with van der Waals surface area (Å²) in [6, 6.07) is 27.7. The summed E-state index contributed by atoms with van der Waals surface area (Å²) in [4.78, 5) is 14.7. The van der Waals surface area contributed by atoms with Gasteiger partial charge in [-0.1, -0.05) is 60.7 Å². The fraction of sp³-hybridized carbons (Fsp3) is 0.192. The Morgan fingerprint density at radius 3 is 2.45 bits per heavy atom. The molecular formula is C26H26N2O3. The summed E-state index contributed by atoms with van der Waals surface area (Å²) in [5.41, 5.74) is 1.15. The molecule has 31 heavy (non-hydrogen) atoms. The van der Waals surface area contributed by atoms with Crippen LogP contribution < -0.4 is 10.1 Å². The number of hydrogen-bond donors (Lipinski definition) is 1. The number of likely N-dealkylation sites (N-methyl/N-ethyl adjacent to an activating group) is 1. The van der Waals surface area contributed by atoms with Crippen molar-refractivity contribution < 1.29 is 13.9 Å². The number of ether oxygens (including phenoxy) is 1. The third-order valence-electron chi connectivity index (χ3n) is 5.25. The zero-order chi connectivity index (χ0) is 21.6. The van der Waals surface area contributed by atoms with E-state index in [0.717, 1.165) is 16.7 Å². The van der Waals surface area contributed by atoms with Crippen molar-refractivity contribution in [3.05, 3.63) is 102 Å². The number of furan rings is 1. The molecule has 0 fully saturated rings. The Morgan fingerprint density at radius 1 is 0.935 bits per heavy atom. The van der Waals surface area contributed by atoms with Gasteiger partial charge in [0, 0.05) is 6.54 Å². The molecule has 1 heterocycles. The van der Waals surface area contributed by atoms with Gasteiger partial charge in [-0.2, -0.15) is 0 Å². The Morgan fingerprint density at radius 2 is 1.68 bits per heavy atom. The Kier molecular flexibility index (Phi) is 6.34. The summed E-state index contributed by atoms with van der Waals surface area (Å²) in [7, 11) is 4.00. The van der Waals surface area contributed by atoms with Gasteiger partial charge in [-0.15, -0.1) is 0 Å². The van der Waals surface area contributed by atoms with Crippen LogP contribution in [0.25, 0.3) is 10.8 Å². The van der Waals surface area contributed by atoms with Crippen molar-refractivity contribution in [2.45, 2.75) is 12.6 Å². The molecule has 0 spiro atoms. The normalized spacial score (nSPS) is 12.1. The first-order valence-electron chi connectivity index (χ1n) is 10.3. The quantitative estimate of drug-likeness (QED) is 0.439. The molecule has 0 saturated heterocycles. The maximum atomic E-state index is 12.6. The maximum absolute atomic E-state index is 12.6. The lowest BCUT2D eigenvalue weighted by Crippen LogP contribution is -2.34. The minimum absolute atomic E-state index is 0.0795. The molecule has 158 valence electrons. The van der Waals surface area contributed by atoms with Crippen molar-refractivity contribution in [2.24, 2.45) is 0 Å². The largest absolute Gasteiger partial charge is 0.486 e. The first kappa shape index (κ1) is 20.7. The van der Waals surface area contributed by atoms with Crippen LogP contribution in [0.2, 0.25) is 0 Å². The SMILES string of the molecule is CN(C)C(CNC(=O)c1ccc(COc2ccc3ccccc3c2)o1)c1ccccc1. The topological polar surface area (TPSA) is 54.7 Å². The Labute approximate surface area is 182 Å². The van der Waals surface area contributed by atoms with Crippen LogP contribution in [-0.4, -0.2) is 31.4 Å². The molecular weight excluding hydrogens is 388 g/mol. The summed E-state index contributed by atoms with van der Waals surface area (Å²) in [5, 5.41) is 5.25. The monoisotopic (exact) mass is 414 g/mol. The molecule has 4 rings (SSSR count). The third-order valence-corrected chi connectivity index (χ3v) is 5.25. The number of carbonyl (C=O) groups is 1. The Hall–Kier alpha value is -3.57. The van der Waals surface area contributed by atoms with Crippen LogP contribution in [0.4, 0.5) is 0 Å². The average Bonchev–Trinajstić information content (AvgIpc) is 3.27. The molecule has 0 aliphatic carbocycles. The lowest BCUT2D eigenvalue weighted by Gasteiger charge is -2.24. The lowest BCUT2D eigenvalue weighted by atomic mass is 10.1. The fourth-order valence-electron chi connectivity index (χ4n) is 3.54.